The largest absolute Gasteiger partial charge is 0.388 e. The summed E-state index contributed by atoms with van der Waals surface area (Å²) in [5, 5.41) is 10.7. The van der Waals surface area contributed by atoms with Crippen molar-refractivity contribution in [3.8, 4) is 0 Å². The van der Waals surface area contributed by atoms with Gasteiger partial charge in [-0.05, 0) is 60.3 Å². The quantitative estimate of drug-likeness (QED) is 0.291. The van der Waals surface area contributed by atoms with E-state index in [-0.39, 0.29) is 55.5 Å². The maximum absolute atomic E-state index is 10.6. The number of fused-ring (bicyclic) bond motifs is 1. The van der Waals surface area contributed by atoms with Crippen molar-refractivity contribution in [1.82, 2.24) is 0 Å². The SMILES string of the molecule is [CH2-]Cc1cccc(CC2C(Cl)CC(Cl)C2c2cccc3c2CCCCC3O)c1.[Y]. The first-order valence-corrected chi connectivity index (χ1v) is 11.4. The minimum absolute atomic E-state index is 0. The van der Waals surface area contributed by atoms with Gasteiger partial charge in [0, 0.05) is 49.4 Å². The molecule has 1 saturated carbocycles. The smallest absolute Gasteiger partial charge is 0.0792 e. The molecule has 4 rings (SSSR count). The van der Waals surface area contributed by atoms with Crippen LogP contribution in [0.2, 0.25) is 0 Å². The zero-order valence-electron chi connectivity index (χ0n) is 16.9. The zero-order valence-corrected chi connectivity index (χ0v) is 21.2. The van der Waals surface area contributed by atoms with Crippen LogP contribution in [-0.2, 0) is 52.0 Å². The number of aliphatic hydroxyl groups excluding tert-OH is 1. The van der Waals surface area contributed by atoms with E-state index in [1.807, 2.05) is 0 Å². The van der Waals surface area contributed by atoms with Gasteiger partial charge in [0.2, 0.25) is 0 Å². The average Bonchev–Trinajstić information content (AvgIpc) is 2.85. The molecule has 153 valence electrons. The second-order valence-electron chi connectivity index (χ2n) is 8.41. The van der Waals surface area contributed by atoms with E-state index in [0.717, 1.165) is 50.5 Å². The van der Waals surface area contributed by atoms with Crippen molar-refractivity contribution in [3.63, 3.8) is 0 Å². The topological polar surface area (TPSA) is 20.2 Å². The van der Waals surface area contributed by atoms with Gasteiger partial charge in [-0.25, -0.2) is 0 Å². The van der Waals surface area contributed by atoms with E-state index in [4.69, 9.17) is 23.2 Å². The fraction of sp³-hybridized carbons (Fsp3) is 0.480. The van der Waals surface area contributed by atoms with Crippen molar-refractivity contribution in [2.24, 2.45) is 5.92 Å². The number of alkyl halides is 2. The molecule has 1 fully saturated rings. The van der Waals surface area contributed by atoms with Crippen molar-refractivity contribution >= 4 is 23.2 Å². The summed E-state index contributed by atoms with van der Waals surface area (Å²) in [7, 11) is 0. The van der Waals surface area contributed by atoms with Gasteiger partial charge in [-0.2, -0.15) is 6.42 Å². The van der Waals surface area contributed by atoms with Crippen molar-refractivity contribution in [2.75, 3.05) is 0 Å². The molecule has 2 aromatic carbocycles. The molecule has 1 radical (unpaired) electrons. The normalized spacial score (nSPS) is 29.0. The van der Waals surface area contributed by atoms with E-state index in [2.05, 4.69) is 49.4 Å². The van der Waals surface area contributed by atoms with Crippen molar-refractivity contribution in [2.45, 2.75) is 67.7 Å². The summed E-state index contributed by atoms with van der Waals surface area (Å²) in [6, 6.07) is 15.1. The Kier molecular flexibility index (Phi) is 8.68. The van der Waals surface area contributed by atoms with E-state index in [1.165, 1.54) is 22.3 Å². The Balaban J connectivity index is 0.00000240. The summed E-state index contributed by atoms with van der Waals surface area (Å²) < 4.78 is 0. The molecule has 0 saturated heterocycles. The Morgan fingerprint density at radius 3 is 2.48 bits per heavy atom. The number of halogens is 2. The van der Waals surface area contributed by atoms with Crippen LogP contribution >= 0.6 is 23.2 Å². The van der Waals surface area contributed by atoms with E-state index in [1.54, 1.807) is 0 Å². The molecule has 0 bridgehead atoms. The summed E-state index contributed by atoms with van der Waals surface area (Å²) in [6.07, 6.45) is 6.29. The number of benzene rings is 2. The van der Waals surface area contributed by atoms with Crippen molar-refractivity contribution in [3.05, 3.63) is 77.2 Å². The number of aliphatic hydroxyl groups is 1. The van der Waals surface area contributed by atoms with Crippen LogP contribution in [-0.4, -0.2) is 15.9 Å². The molecular formula is C25H29Cl2OY-. The Hall–Kier alpha value is 0.0839. The average molecular weight is 505 g/mol. The molecule has 0 heterocycles. The summed E-state index contributed by atoms with van der Waals surface area (Å²) in [6.45, 7) is 4.01. The third-order valence-electron chi connectivity index (χ3n) is 6.64. The predicted octanol–water partition coefficient (Wildman–Crippen LogP) is 6.38. The minimum atomic E-state index is -0.355. The third-order valence-corrected chi connectivity index (χ3v) is 7.59. The van der Waals surface area contributed by atoms with Crippen molar-refractivity contribution in [1.29, 1.82) is 0 Å². The Bertz CT molecular complexity index is 824. The summed E-state index contributed by atoms with van der Waals surface area (Å²) in [5.74, 6) is 0.531. The summed E-state index contributed by atoms with van der Waals surface area (Å²) in [4.78, 5) is 0. The number of hydrogen-bond donors (Lipinski definition) is 1. The van der Waals surface area contributed by atoms with Crippen LogP contribution in [0.15, 0.2) is 42.5 Å². The monoisotopic (exact) mass is 504 g/mol. The van der Waals surface area contributed by atoms with Gasteiger partial charge >= 0.3 is 0 Å². The number of rotatable bonds is 4. The van der Waals surface area contributed by atoms with Crippen LogP contribution in [0.3, 0.4) is 0 Å². The molecule has 0 aromatic heterocycles. The standard InChI is InChI=1S/C25H29Cl2O.Y/c1-2-16-7-5-8-17(13-16)14-21-22(26)15-23(27)25(21)20-11-6-10-19-18(20)9-3-4-12-24(19)28;/h5-8,10-11,13,21-25,28H,1-4,9,12,14-15H2;/q-1;. The van der Waals surface area contributed by atoms with Crippen LogP contribution < -0.4 is 0 Å². The fourth-order valence-corrected chi connectivity index (χ4v) is 6.27. The van der Waals surface area contributed by atoms with Crippen LogP contribution in [0.5, 0.6) is 0 Å². The van der Waals surface area contributed by atoms with E-state index >= 15 is 0 Å². The maximum Gasteiger partial charge on any atom is 0.0792 e. The summed E-state index contributed by atoms with van der Waals surface area (Å²) >= 11 is 13.7. The van der Waals surface area contributed by atoms with Gasteiger partial charge in [0.25, 0.3) is 0 Å². The predicted molar refractivity (Wildman–Crippen MR) is 118 cm³/mol. The molecule has 0 spiro atoms. The molecule has 2 aromatic rings. The van der Waals surface area contributed by atoms with Crippen LogP contribution in [0.25, 0.3) is 0 Å². The van der Waals surface area contributed by atoms with Gasteiger partial charge in [0.15, 0.2) is 0 Å². The van der Waals surface area contributed by atoms with Gasteiger partial charge in [-0.3, -0.25) is 0 Å². The molecule has 2 aliphatic carbocycles. The van der Waals surface area contributed by atoms with E-state index < -0.39 is 0 Å². The van der Waals surface area contributed by atoms with E-state index in [0.29, 0.717) is 5.92 Å². The molecule has 4 heteroatoms. The molecule has 1 nitrogen and oxygen atoms in total. The van der Waals surface area contributed by atoms with Gasteiger partial charge in [0.1, 0.15) is 0 Å². The van der Waals surface area contributed by atoms with Crippen LogP contribution in [0.1, 0.15) is 65.5 Å². The summed E-state index contributed by atoms with van der Waals surface area (Å²) in [5.41, 5.74) is 6.33. The second-order valence-corrected chi connectivity index (χ2v) is 9.53. The van der Waals surface area contributed by atoms with Crippen LogP contribution in [0, 0.1) is 12.8 Å². The van der Waals surface area contributed by atoms with Gasteiger partial charge < -0.3 is 12.0 Å². The van der Waals surface area contributed by atoms with Crippen LogP contribution in [0.4, 0.5) is 0 Å². The van der Waals surface area contributed by atoms with Gasteiger partial charge in [-0.15, -0.1) is 23.2 Å². The molecule has 5 unspecified atom stereocenters. The first-order chi connectivity index (χ1) is 13.6. The van der Waals surface area contributed by atoms with Gasteiger partial charge in [0.05, 0.1) is 6.10 Å². The van der Waals surface area contributed by atoms with Crippen molar-refractivity contribution < 1.29 is 37.8 Å². The molecule has 29 heavy (non-hydrogen) atoms. The van der Waals surface area contributed by atoms with E-state index in [9.17, 15) is 5.11 Å². The Morgan fingerprint density at radius 1 is 0.966 bits per heavy atom. The second kappa shape index (κ2) is 10.6. The first kappa shape index (κ1) is 23.7. The molecule has 0 aliphatic heterocycles. The molecular weight excluding hydrogens is 476 g/mol. The Labute approximate surface area is 210 Å². The fourth-order valence-electron chi connectivity index (χ4n) is 5.23. The molecule has 0 amide bonds. The molecule has 5 atom stereocenters. The zero-order chi connectivity index (χ0) is 19.7. The third kappa shape index (κ3) is 5.12. The first-order valence-electron chi connectivity index (χ1n) is 10.5. The number of hydrogen-bond acceptors (Lipinski definition) is 1. The van der Waals surface area contributed by atoms with Gasteiger partial charge in [-0.1, -0.05) is 54.4 Å². The molecule has 2 aliphatic rings. The Morgan fingerprint density at radius 2 is 1.69 bits per heavy atom. The minimum Gasteiger partial charge on any atom is -0.388 e. The molecule has 1 N–H and O–H groups in total. The maximum atomic E-state index is 10.6.